The molecule has 0 unspecified atom stereocenters. The summed E-state index contributed by atoms with van der Waals surface area (Å²) in [5.41, 5.74) is 1.08. The molecule has 1 aromatic heterocycles. The second-order valence-electron chi connectivity index (χ2n) is 7.24. The molecule has 1 heterocycles. The minimum atomic E-state index is -0.462. The standard InChI is InChI=1S/C21H25N3O4S/c1-2-17-12-18(21(29-17)23-19(25)15-8-4-3-5-9-15)20(26)22-13-14-7-6-10-16(11-14)24(27)28/h6-7,10-12,15H,2-5,8-9,13H2,1H3,(H,22,26)(H,23,25). The molecule has 0 spiro atoms. The van der Waals surface area contributed by atoms with Crippen molar-refractivity contribution in [3.05, 3.63) is 56.5 Å². The van der Waals surface area contributed by atoms with Crippen LogP contribution in [0, 0.1) is 16.0 Å². The monoisotopic (exact) mass is 415 g/mol. The Bertz CT molecular complexity index is 903. The number of nitro groups is 1. The van der Waals surface area contributed by atoms with Crippen molar-refractivity contribution in [3.63, 3.8) is 0 Å². The van der Waals surface area contributed by atoms with Gasteiger partial charge in [0.2, 0.25) is 5.91 Å². The van der Waals surface area contributed by atoms with Crippen LogP contribution in [0.15, 0.2) is 30.3 Å². The topological polar surface area (TPSA) is 101 Å². The van der Waals surface area contributed by atoms with E-state index in [2.05, 4.69) is 10.6 Å². The van der Waals surface area contributed by atoms with E-state index >= 15 is 0 Å². The summed E-state index contributed by atoms with van der Waals surface area (Å²) < 4.78 is 0. The Morgan fingerprint density at radius 1 is 1.21 bits per heavy atom. The molecule has 8 heteroatoms. The van der Waals surface area contributed by atoms with Gasteiger partial charge in [-0.2, -0.15) is 0 Å². The molecule has 2 N–H and O–H groups in total. The lowest BCUT2D eigenvalue weighted by Crippen LogP contribution is -2.27. The number of non-ortho nitro benzene ring substituents is 1. The maximum absolute atomic E-state index is 12.8. The number of hydrogen-bond donors (Lipinski definition) is 2. The fourth-order valence-electron chi connectivity index (χ4n) is 3.51. The molecule has 1 aliphatic carbocycles. The van der Waals surface area contributed by atoms with Crippen molar-refractivity contribution in [3.8, 4) is 0 Å². The Morgan fingerprint density at radius 2 is 1.97 bits per heavy atom. The third kappa shape index (κ3) is 5.41. The van der Waals surface area contributed by atoms with Gasteiger partial charge in [0.05, 0.1) is 10.5 Å². The molecule has 0 radical (unpaired) electrons. The molecule has 0 bridgehead atoms. The van der Waals surface area contributed by atoms with Crippen LogP contribution in [0.4, 0.5) is 10.7 Å². The molecule has 1 aliphatic rings. The molecule has 0 aliphatic heterocycles. The first-order valence-electron chi connectivity index (χ1n) is 9.93. The fraction of sp³-hybridized carbons (Fsp3) is 0.429. The zero-order chi connectivity index (χ0) is 20.8. The van der Waals surface area contributed by atoms with Gasteiger partial charge in [-0.25, -0.2) is 0 Å². The van der Waals surface area contributed by atoms with Crippen molar-refractivity contribution in [2.45, 2.75) is 52.0 Å². The second kappa shape index (κ2) is 9.65. The number of aryl methyl sites for hydroxylation is 1. The van der Waals surface area contributed by atoms with Crippen LogP contribution in [0.2, 0.25) is 0 Å². The Morgan fingerprint density at radius 3 is 2.66 bits per heavy atom. The summed E-state index contributed by atoms with van der Waals surface area (Å²) in [7, 11) is 0. The van der Waals surface area contributed by atoms with Crippen LogP contribution in [0.5, 0.6) is 0 Å². The number of benzene rings is 1. The first kappa shape index (κ1) is 21.0. The van der Waals surface area contributed by atoms with E-state index in [0.717, 1.165) is 37.0 Å². The quantitative estimate of drug-likeness (QED) is 0.507. The van der Waals surface area contributed by atoms with Gasteiger partial charge >= 0.3 is 0 Å². The third-order valence-corrected chi connectivity index (χ3v) is 6.36. The molecule has 1 fully saturated rings. The molecule has 29 heavy (non-hydrogen) atoms. The van der Waals surface area contributed by atoms with Crippen LogP contribution in [0.3, 0.4) is 0 Å². The number of carbonyl (C=O) groups excluding carboxylic acids is 2. The van der Waals surface area contributed by atoms with E-state index in [1.165, 1.54) is 29.9 Å². The van der Waals surface area contributed by atoms with E-state index in [9.17, 15) is 19.7 Å². The molecular weight excluding hydrogens is 390 g/mol. The van der Waals surface area contributed by atoms with Crippen LogP contribution < -0.4 is 10.6 Å². The highest BCUT2D eigenvalue weighted by Crippen LogP contribution is 2.31. The van der Waals surface area contributed by atoms with Gasteiger partial charge in [0.25, 0.3) is 11.6 Å². The number of anilines is 1. The van der Waals surface area contributed by atoms with Gasteiger partial charge in [-0.15, -0.1) is 11.3 Å². The Balaban J connectivity index is 1.69. The van der Waals surface area contributed by atoms with Crippen LogP contribution in [0.1, 0.15) is 59.8 Å². The Hall–Kier alpha value is -2.74. The van der Waals surface area contributed by atoms with Crippen LogP contribution in [0.25, 0.3) is 0 Å². The minimum absolute atomic E-state index is 0.0108. The number of carbonyl (C=O) groups is 2. The van der Waals surface area contributed by atoms with Crippen molar-refractivity contribution in [2.24, 2.45) is 5.92 Å². The van der Waals surface area contributed by atoms with Crippen molar-refractivity contribution in [1.29, 1.82) is 0 Å². The van der Waals surface area contributed by atoms with E-state index in [1.54, 1.807) is 12.1 Å². The number of thiophene rings is 1. The van der Waals surface area contributed by atoms with Gasteiger partial charge in [0.1, 0.15) is 5.00 Å². The molecule has 2 aromatic rings. The zero-order valence-electron chi connectivity index (χ0n) is 16.4. The molecular formula is C21H25N3O4S. The minimum Gasteiger partial charge on any atom is -0.348 e. The molecule has 3 rings (SSSR count). The van der Waals surface area contributed by atoms with Gasteiger partial charge in [-0.1, -0.05) is 38.3 Å². The third-order valence-electron chi connectivity index (χ3n) is 5.16. The fourth-order valence-corrected chi connectivity index (χ4v) is 4.51. The smallest absolute Gasteiger partial charge is 0.269 e. The van der Waals surface area contributed by atoms with E-state index in [4.69, 9.17) is 0 Å². The molecule has 1 aromatic carbocycles. The van der Waals surface area contributed by atoms with Gasteiger partial charge in [-0.3, -0.25) is 19.7 Å². The van der Waals surface area contributed by atoms with Crippen molar-refractivity contribution in [2.75, 3.05) is 5.32 Å². The lowest BCUT2D eigenvalue weighted by molar-refractivity contribution is -0.384. The predicted molar refractivity (Wildman–Crippen MR) is 113 cm³/mol. The first-order valence-corrected chi connectivity index (χ1v) is 10.7. The van der Waals surface area contributed by atoms with E-state index < -0.39 is 4.92 Å². The Labute approximate surface area is 173 Å². The largest absolute Gasteiger partial charge is 0.348 e. The average Bonchev–Trinajstić information content (AvgIpc) is 3.15. The number of nitro benzene ring substituents is 1. The highest BCUT2D eigenvalue weighted by atomic mass is 32.1. The number of amides is 2. The summed E-state index contributed by atoms with van der Waals surface area (Å²) in [5, 5.41) is 17.3. The predicted octanol–water partition coefficient (Wildman–Crippen LogP) is 4.67. The molecule has 154 valence electrons. The summed E-state index contributed by atoms with van der Waals surface area (Å²) in [5.74, 6) is -0.301. The van der Waals surface area contributed by atoms with Crippen LogP contribution in [-0.2, 0) is 17.8 Å². The summed E-state index contributed by atoms with van der Waals surface area (Å²) >= 11 is 1.43. The van der Waals surface area contributed by atoms with Crippen LogP contribution >= 0.6 is 11.3 Å². The van der Waals surface area contributed by atoms with Gasteiger partial charge in [0, 0.05) is 29.5 Å². The zero-order valence-corrected chi connectivity index (χ0v) is 17.2. The summed E-state index contributed by atoms with van der Waals surface area (Å²) in [6, 6.07) is 7.98. The van der Waals surface area contributed by atoms with E-state index in [1.807, 2.05) is 13.0 Å². The van der Waals surface area contributed by atoms with Crippen LogP contribution in [-0.4, -0.2) is 16.7 Å². The average molecular weight is 416 g/mol. The number of rotatable bonds is 7. The van der Waals surface area contributed by atoms with E-state index in [-0.39, 0.29) is 30.0 Å². The normalized spacial score (nSPS) is 14.4. The van der Waals surface area contributed by atoms with Gasteiger partial charge in [-0.05, 0) is 30.9 Å². The SMILES string of the molecule is CCc1cc(C(=O)NCc2cccc([N+](=O)[O-])c2)c(NC(=O)C2CCCCC2)s1. The van der Waals surface area contributed by atoms with Crippen molar-refractivity contribution >= 4 is 33.8 Å². The molecule has 0 atom stereocenters. The lowest BCUT2D eigenvalue weighted by atomic mass is 9.89. The van der Waals surface area contributed by atoms with Gasteiger partial charge < -0.3 is 10.6 Å². The van der Waals surface area contributed by atoms with E-state index in [0.29, 0.717) is 16.1 Å². The highest BCUT2D eigenvalue weighted by molar-refractivity contribution is 7.16. The number of nitrogens with zero attached hydrogens (tertiary/aromatic N) is 1. The number of hydrogen-bond acceptors (Lipinski definition) is 5. The summed E-state index contributed by atoms with van der Waals surface area (Å²) in [6.07, 6.45) is 5.88. The molecule has 0 saturated heterocycles. The molecule has 7 nitrogen and oxygen atoms in total. The number of nitrogens with one attached hydrogen (secondary N) is 2. The lowest BCUT2D eigenvalue weighted by Gasteiger charge is -2.20. The van der Waals surface area contributed by atoms with Crippen molar-refractivity contribution < 1.29 is 14.5 Å². The summed E-state index contributed by atoms with van der Waals surface area (Å²) in [4.78, 5) is 36.8. The maximum Gasteiger partial charge on any atom is 0.269 e. The molecule has 1 saturated carbocycles. The second-order valence-corrected chi connectivity index (χ2v) is 8.38. The Kier molecular flexibility index (Phi) is 6.98. The first-order chi connectivity index (χ1) is 14.0. The summed E-state index contributed by atoms with van der Waals surface area (Å²) in [6.45, 7) is 2.18. The van der Waals surface area contributed by atoms with Gasteiger partial charge in [0.15, 0.2) is 0 Å². The molecule has 2 amide bonds. The van der Waals surface area contributed by atoms with Crippen molar-refractivity contribution in [1.82, 2.24) is 5.32 Å². The maximum atomic E-state index is 12.8. The highest BCUT2D eigenvalue weighted by Gasteiger charge is 2.24.